The molecule has 2 rings (SSSR count). The van der Waals surface area contributed by atoms with Crippen molar-refractivity contribution in [3.63, 3.8) is 0 Å². The minimum atomic E-state index is -0.683. The van der Waals surface area contributed by atoms with Crippen molar-refractivity contribution in [2.75, 3.05) is 6.54 Å². The van der Waals surface area contributed by atoms with Crippen LogP contribution in [0.15, 0.2) is 24.3 Å². The lowest BCUT2D eigenvalue weighted by Gasteiger charge is -2.26. The van der Waals surface area contributed by atoms with Crippen molar-refractivity contribution in [3.05, 3.63) is 35.4 Å². The number of carbonyl (C=O) groups excluding carboxylic acids is 1. The van der Waals surface area contributed by atoms with Gasteiger partial charge in [-0.25, -0.2) is 0 Å². The van der Waals surface area contributed by atoms with E-state index in [9.17, 15) is 9.59 Å². The topological polar surface area (TPSA) is 66.4 Å². The van der Waals surface area contributed by atoms with E-state index in [-0.39, 0.29) is 11.8 Å². The Hall–Kier alpha value is -1.84. The van der Waals surface area contributed by atoms with E-state index >= 15 is 0 Å². The molecule has 0 atom stereocenters. The Morgan fingerprint density at radius 2 is 1.76 bits per heavy atom. The standard InChI is InChI=1S/C17H23NO3/c1-12-2-4-13(5-3-12)10-16(19)18-11-14-6-8-15(9-7-14)17(20)21/h2-5,14-15H,6-11H2,1H3,(H,18,19)(H,20,21). The Bertz CT molecular complexity index is 487. The molecule has 0 unspecified atom stereocenters. The number of carboxylic acids is 1. The molecular formula is C17H23NO3. The molecule has 1 amide bonds. The summed E-state index contributed by atoms with van der Waals surface area (Å²) in [5, 5.41) is 11.9. The first-order valence-electron chi connectivity index (χ1n) is 7.59. The highest BCUT2D eigenvalue weighted by atomic mass is 16.4. The summed E-state index contributed by atoms with van der Waals surface area (Å²) in [6.45, 7) is 2.69. The molecule has 114 valence electrons. The molecule has 0 radical (unpaired) electrons. The smallest absolute Gasteiger partial charge is 0.306 e. The van der Waals surface area contributed by atoms with Gasteiger partial charge in [0, 0.05) is 6.54 Å². The Balaban J connectivity index is 1.70. The third-order valence-corrected chi connectivity index (χ3v) is 4.27. The summed E-state index contributed by atoms with van der Waals surface area (Å²) < 4.78 is 0. The number of amides is 1. The first-order chi connectivity index (χ1) is 10.0. The van der Waals surface area contributed by atoms with Gasteiger partial charge in [0.25, 0.3) is 0 Å². The largest absolute Gasteiger partial charge is 0.481 e. The fourth-order valence-electron chi connectivity index (χ4n) is 2.83. The Morgan fingerprint density at radius 1 is 1.14 bits per heavy atom. The van der Waals surface area contributed by atoms with E-state index in [0.717, 1.165) is 31.2 Å². The van der Waals surface area contributed by atoms with E-state index in [1.54, 1.807) is 0 Å². The lowest BCUT2D eigenvalue weighted by atomic mass is 9.82. The molecule has 1 saturated carbocycles. The van der Waals surface area contributed by atoms with Crippen molar-refractivity contribution in [3.8, 4) is 0 Å². The zero-order chi connectivity index (χ0) is 15.2. The monoisotopic (exact) mass is 289 g/mol. The fourth-order valence-corrected chi connectivity index (χ4v) is 2.83. The molecule has 0 saturated heterocycles. The van der Waals surface area contributed by atoms with Gasteiger partial charge in [-0.3, -0.25) is 9.59 Å². The van der Waals surface area contributed by atoms with Gasteiger partial charge in [0.15, 0.2) is 0 Å². The molecule has 1 aromatic carbocycles. The molecule has 1 aliphatic carbocycles. The molecule has 4 nitrogen and oxygen atoms in total. The first-order valence-corrected chi connectivity index (χ1v) is 7.59. The molecule has 1 fully saturated rings. The average Bonchev–Trinajstić information content (AvgIpc) is 2.48. The number of benzene rings is 1. The van der Waals surface area contributed by atoms with E-state index in [2.05, 4.69) is 5.32 Å². The van der Waals surface area contributed by atoms with E-state index in [0.29, 0.717) is 18.9 Å². The lowest BCUT2D eigenvalue weighted by Crippen LogP contribution is -2.33. The summed E-state index contributed by atoms with van der Waals surface area (Å²) in [7, 11) is 0. The molecule has 2 N–H and O–H groups in total. The third-order valence-electron chi connectivity index (χ3n) is 4.27. The zero-order valence-corrected chi connectivity index (χ0v) is 12.5. The maximum atomic E-state index is 11.9. The van der Waals surface area contributed by atoms with Gasteiger partial charge in [0.1, 0.15) is 0 Å². The second kappa shape index (κ2) is 7.25. The Labute approximate surface area is 125 Å². The average molecular weight is 289 g/mol. The Kier molecular flexibility index (Phi) is 5.37. The Morgan fingerprint density at radius 3 is 2.33 bits per heavy atom. The van der Waals surface area contributed by atoms with Crippen molar-refractivity contribution in [2.45, 2.75) is 39.0 Å². The number of hydrogen-bond donors (Lipinski definition) is 2. The van der Waals surface area contributed by atoms with Crippen LogP contribution in [0, 0.1) is 18.8 Å². The second-order valence-electron chi connectivity index (χ2n) is 6.02. The summed E-state index contributed by atoms with van der Waals surface area (Å²) in [6, 6.07) is 7.98. The number of rotatable bonds is 5. The van der Waals surface area contributed by atoms with Gasteiger partial charge in [0.05, 0.1) is 12.3 Å². The molecule has 0 spiro atoms. The predicted octanol–water partition coefficient (Wildman–Crippen LogP) is 2.54. The number of carbonyl (C=O) groups is 2. The van der Waals surface area contributed by atoms with Crippen LogP contribution < -0.4 is 5.32 Å². The molecule has 0 bridgehead atoms. The van der Waals surface area contributed by atoms with Crippen LogP contribution in [0.25, 0.3) is 0 Å². The molecule has 21 heavy (non-hydrogen) atoms. The highest BCUT2D eigenvalue weighted by molar-refractivity contribution is 5.78. The van der Waals surface area contributed by atoms with Crippen LogP contribution in [0.3, 0.4) is 0 Å². The number of aryl methyl sites for hydroxylation is 1. The molecule has 1 aliphatic rings. The van der Waals surface area contributed by atoms with Crippen molar-refractivity contribution in [1.29, 1.82) is 0 Å². The van der Waals surface area contributed by atoms with Crippen LogP contribution >= 0.6 is 0 Å². The van der Waals surface area contributed by atoms with E-state index in [1.165, 1.54) is 5.56 Å². The predicted molar refractivity (Wildman–Crippen MR) is 81.0 cm³/mol. The number of nitrogens with one attached hydrogen (secondary N) is 1. The number of hydrogen-bond acceptors (Lipinski definition) is 2. The van der Waals surface area contributed by atoms with Crippen LogP contribution in [0.2, 0.25) is 0 Å². The summed E-state index contributed by atoms with van der Waals surface area (Å²) in [5.74, 6) is -0.414. The molecular weight excluding hydrogens is 266 g/mol. The minimum Gasteiger partial charge on any atom is -0.481 e. The van der Waals surface area contributed by atoms with E-state index in [1.807, 2.05) is 31.2 Å². The summed E-state index contributed by atoms with van der Waals surface area (Å²) in [6.07, 6.45) is 3.65. The van der Waals surface area contributed by atoms with Crippen LogP contribution in [-0.2, 0) is 16.0 Å². The van der Waals surface area contributed by atoms with Crippen molar-refractivity contribution in [1.82, 2.24) is 5.32 Å². The highest BCUT2D eigenvalue weighted by Gasteiger charge is 2.25. The van der Waals surface area contributed by atoms with Crippen molar-refractivity contribution in [2.24, 2.45) is 11.8 Å². The van der Waals surface area contributed by atoms with Crippen molar-refractivity contribution < 1.29 is 14.7 Å². The van der Waals surface area contributed by atoms with Gasteiger partial charge in [-0.2, -0.15) is 0 Å². The van der Waals surface area contributed by atoms with Crippen LogP contribution in [-0.4, -0.2) is 23.5 Å². The zero-order valence-electron chi connectivity index (χ0n) is 12.5. The minimum absolute atomic E-state index is 0.0409. The maximum Gasteiger partial charge on any atom is 0.306 e. The molecule has 0 heterocycles. The van der Waals surface area contributed by atoms with Crippen molar-refractivity contribution >= 4 is 11.9 Å². The molecule has 0 aliphatic heterocycles. The van der Waals surface area contributed by atoms with Crippen LogP contribution in [0.5, 0.6) is 0 Å². The highest BCUT2D eigenvalue weighted by Crippen LogP contribution is 2.28. The summed E-state index contributed by atoms with van der Waals surface area (Å²) in [4.78, 5) is 22.8. The van der Waals surface area contributed by atoms with Gasteiger partial charge in [-0.15, -0.1) is 0 Å². The van der Waals surface area contributed by atoms with Gasteiger partial charge >= 0.3 is 5.97 Å². The second-order valence-corrected chi connectivity index (χ2v) is 6.02. The van der Waals surface area contributed by atoms with Gasteiger partial charge < -0.3 is 10.4 Å². The third kappa shape index (κ3) is 4.88. The van der Waals surface area contributed by atoms with Gasteiger partial charge in [0.2, 0.25) is 5.91 Å². The normalized spacial score (nSPS) is 21.8. The molecule has 1 aromatic rings. The SMILES string of the molecule is Cc1ccc(CC(=O)NCC2CCC(C(=O)O)CC2)cc1. The molecule has 4 heteroatoms. The van der Waals surface area contributed by atoms with Gasteiger partial charge in [-0.1, -0.05) is 29.8 Å². The van der Waals surface area contributed by atoms with Gasteiger partial charge in [-0.05, 0) is 44.1 Å². The lowest BCUT2D eigenvalue weighted by molar-refractivity contribution is -0.143. The quantitative estimate of drug-likeness (QED) is 0.875. The van der Waals surface area contributed by atoms with E-state index in [4.69, 9.17) is 5.11 Å². The molecule has 0 aromatic heterocycles. The summed E-state index contributed by atoms with van der Waals surface area (Å²) in [5.41, 5.74) is 2.21. The summed E-state index contributed by atoms with van der Waals surface area (Å²) >= 11 is 0. The first kappa shape index (κ1) is 15.5. The van der Waals surface area contributed by atoms with Crippen LogP contribution in [0.1, 0.15) is 36.8 Å². The van der Waals surface area contributed by atoms with Crippen LogP contribution in [0.4, 0.5) is 0 Å². The maximum absolute atomic E-state index is 11.9. The number of aliphatic carboxylic acids is 1. The fraction of sp³-hybridized carbons (Fsp3) is 0.529. The van der Waals surface area contributed by atoms with E-state index < -0.39 is 5.97 Å². The number of carboxylic acid groups (broad SMARTS) is 1.